The number of carbonyl (C=O) groups is 1. The molecule has 0 radical (unpaired) electrons. The summed E-state index contributed by atoms with van der Waals surface area (Å²) in [5, 5.41) is 0. The maximum Gasteiger partial charge on any atom is 0.251 e. The van der Waals surface area contributed by atoms with E-state index >= 15 is 0 Å². The molecular weight excluding hydrogens is 172 g/mol. The Morgan fingerprint density at radius 2 is 2.08 bits per heavy atom. The van der Waals surface area contributed by atoms with Gasteiger partial charge in [0.15, 0.2) is 0 Å². The van der Waals surface area contributed by atoms with Gasteiger partial charge in [-0.25, -0.2) is 0 Å². The second kappa shape index (κ2) is 3.06. The van der Waals surface area contributed by atoms with Crippen LogP contribution in [-0.2, 0) is 0 Å². The van der Waals surface area contributed by atoms with E-state index in [2.05, 4.69) is 12.6 Å². The molecule has 0 aliphatic rings. The van der Waals surface area contributed by atoms with Crippen LogP contribution in [0.1, 0.15) is 15.9 Å². The zero-order valence-electron chi connectivity index (χ0n) is 6.66. The number of benzene rings is 1. The molecule has 1 amide bonds. The van der Waals surface area contributed by atoms with Crippen LogP contribution >= 0.6 is 12.6 Å². The van der Waals surface area contributed by atoms with Crippen molar-refractivity contribution in [1.82, 2.24) is 0 Å². The van der Waals surface area contributed by atoms with Crippen molar-refractivity contribution in [2.24, 2.45) is 5.73 Å². The Kier molecular flexibility index (Phi) is 2.28. The second-order valence-electron chi connectivity index (χ2n) is 2.54. The Hall–Kier alpha value is -1.16. The van der Waals surface area contributed by atoms with E-state index in [-0.39, 0.29) is 0 Å². The van der Waals surface area contributed by atoms with Crippen LogP contribution in [0, 0.1) is 6.92 Å². The summed E-state index contributed by atoms with van der Waals surface area (Å²) < 4.78 is 0. The van der Waals surface area contributed by atoms with Crippen molar-refractivity contribution in [3.8, 4) is 0 Å². The van der Waals surface area contributed by atoms with E-state index < -0.39 is 5.91 Å². The van der Waals surface area contributed by atoms with E-state index in [0.717, 1.165) is 10.5 Å². The van der Waals surface area contributed by atoms with Crippen LogP contribution in [0.2, 0.25) is 0 Å². The summed E-state index contributed by atoms with van der Waals surface area (Å²) in [5.74, 6) is -0.513. The smallest absolute Gasteiger partial charge is 0.251 e. The summed E-state index contributed by atoms with van der Waals surface area (Å²) in [4.78, 5) is 11.6. The van der Waals surface area contributed by atoms with Crippen LogP contribution in [-0.4, -0.2) is 5.91 Å². The van der Waals surface area contributed by atoms with Crippen molar-refractivity contribution in [2.45, 2.75) is 11.8 Å². The lowest BCUT2D eigenvalue weighted by Crippen LogP contribution is -2.15. The van der Waals surface area contributed by atoms with Gasteiger partial charge >= 0.3 is 0 Å². The number of anilines is 1. The summed E-state index contributed by atoms with van der Waals surface area (Å²) >= 11 is 4.15. The van der Waals surface area contributed by atoms with Crippen molar-refractivity contribution in [1.29, 1.82) is 0 Å². The minimum Gasteiger partial charge on any atom is -0.398 e. The molecule has 4 heteroatoms. The first-order valence-electron chi connectivity index (χ1n) is 3.42. The first-order valence-corrected chi connectivity index (χ1v) is 3.86. The molecule has 0 atom stereocenters. The molecule has 64 valence electrons. The standard InChI is InChI=1S/C8H10N2OS/c1-4-6(12)3-2-5(9)7(4)8(10)11/h2-3,12H,9H2,1H3,(H2,10,11). The zero-order valence-corrected chi connectivity index (χ0v) is 7.56. The highest BCUT2D eigenvalue weighted by atomic mass is 32.1. The van der Waals surface area contributed by atoms with E-state index in [0.29, 0.717) is 11.3 Å². The largest absolute Gasteiger partial charge is 0.398 e. The normalized spacial score (nSPS) is 9.83. The highest BCUT2D eigenvalue weighted by Gasteiger charge is 2.10. The molecule has 1 rings (SSSR count). The number of hydrogen-bond acceptors (Lipinski definition) is 3. The summed E-state index contributed by atoms with van der Waals surface area (Å²) in [6.07, 6.45) is 0. The van der Waals surface area contributed by atoms with Crippen molar-refractivity contribution in [2.75, 3.05) is 5.73 Å². The van der Waals surface area contributed by atoms with Gasteiger partial charge in [0.2, 0.25) is 0 Å². The molecule has 0 unspecified atom stereocenters. The number of hydrogen-bond donors (Lipinski definition) is 3. The van der Waals surface area contributed by atoms with Crippen LogP contribution in [0.25, 0.3) is 0 Å². The van der Waals surface area contributed by atoms with Gasteiger partial charge in [0.25, 0.3) is 5.91 Å². The number of amides is 1. The molecule has 0 aromatic heterocycles. The number of rotatable bonds is 1. The monoisotopic (exact) mass is 182 g/mol. The van der Waals surface area contributed by atoms with Gasteiger partial charge in [0, 0.05) is 10.6 Å². The molecule has 1 aromatic rings. The van der Waals surface area contributed by atoms with E-state index in [1.807, 2.05) is 0 Å². The molecule has 3 nitrogen and oxygen atoms in total. The Labute approximate surface area is 76.2 Å². The first-order chi connectivity index (χ1) is 5.54. The fourth-order valence-corrected chi connectivity index (χ4v) is 1.24. The van der Waals surface area contributed by atoms with Gasteiger partial charge in [0.05, 0.1) is 5.56 Å². The van der Waals surface area contributed by atoms with Crippen LogP contribution in [0.15, 0.2) is 17.0 Å². The summed E-state index contributed by atoms with van der Waals surface area (Å²) in [7, 11) is 0. The molecular formula is C8H10N2OS. The Morgan fingerprint density at radius 1 is 1.50 bits per heavy atom. The number of carbonyl (C=O) groups excluding carboxylic acids is 1. The minimum absolute atomic E-state index is 0.363. The minimum atomic E-state index is -0.513. The molecule has 0 aliphatic carbocycles. The SMILES string of the molecule is Cc1c(S)ccc(N)c1C(N)=O. The molecule has 0 spiro atoms. The van der Waals surface area contributed by atoms with Gasteiger partial charge in [0.1, 0.15) is 0 Å². The average molecular weight is 182 g/mol. The Bertz CT molecular complexity index is 336. The Balaban J connectivity index is 3.43. The third-order valence-corrected chi connectivity index (χ3v) is 2.20. The van der Waals surface area contributed by atoms with Crippen LogP contribution in [0.4, 0.5) is 5.69 Å². The van der Waals surface area contributed by atoms with E-state index in [1.54, 1.807) is 19.1 Å². The molecule has 1 aromatic carbocycles. The summed E-state index contributed by atoms with van der Waals surface area (Å²) in [5.41, 5.74) is 12.2. The third kappa shape index (κ3) is 1.38. The van der Waals surface area contributed by atoms with Gasteiger partial charge < -0.3 is 11.5 Å². The first kappa shape index (κ1) is 8.93. The molecule has 4 N–H and O–H groups in total. The number of nitrogen functional groups attached to an aromatic ring is 1. The predicted molar refractivity (Wildman–Crippen MR) is 51.4 cm³/mol. The number of nitrogens with two attached hydrogens (primary N) is 2. The van der Waals surface area contributed by atoms with Crippen LogP contribution < -0.4 is 11.5 Å². The number of primary amides is 1. The highest BCUT2D eigenvalue weighted by Crippen LogP contribution is 2.22. The molecule has 0 fully saturated rings. The van der Waals surface area contributed by atoms with Gasteiger partial charge in [-0.05, 0) is 24.6 Å². The molecule has 0 heterocycles. The Morgan fingerprint density at radius 3 is 2.50 bits per heavy atom. The molecule has 12 heavy (non-hydrogen) atoms. The molecule has 0 bridgehead atoms. The van der Waals surface area contributed by atoms with Gasteiger partial charge in [-0.3, -0.25) is 4.79 Å². The maximum absolute atomic E-state index is 10.9. The summed E-state index contributed by atoms with van der Waals surface area (Å²) in [6.45, 7) is 1.76. The van der Waals surface area contributed by atoms with Crippen molar-refractivity contribution in [3.05, 3.63) is 23.3 Å². The van der Waals surface area contributed by atoms with Gasteiger partial charge in [-0.2, -0.15) is 0 Å². The van der Waals surface area contributed by atoms with E-state index in [9.17, 15) is 4.79 Å². The van der Waals surface area contributed by atoms with E-state index in [4.69, 9.17) is 11.5 Å². The van der Waals surface area contributed by atoms with E-state index in [1.165, 1.54) is 0 Å². The lowest BCUT2D eigenvalue weighted by Gasteiger charge is -2.07. The predicted octanol–water partition coefficient (Wildman–Crippen LogP) is 0.965. The van der Waals surface area contributed by atoms with Gasteiger partial charge in [-0.15, -0.1) is 12.6 Å². The number of thiol groups is 1. The maximum atomic E-state index is 10.9. The highest BCUT2D eigenvalue weighted by molar-refractivity contribution is 7.80. The zero-order chi connectivity index (χ0) is 9.30. The second-order valence-corrected chi connectivity index (χ2v) is 3.02. The van der Waals surface area contributed by atoms with Crippen molar-refractivity contribution < 1.29 is 4.79 Å². The van der Waals surface area contributed by atoms with Crippen molar-refractivity contribution >= 4 is 24.2 Å². The summed E-state index contributed by atoms with van der Waals surface area (Å²) in [6, 6.07) is 3.36. The van der Waals surface area contributed by atoms with Crippen LogP contribution in [0.5, 0.6) is 0 Å². The molecule has 0 aliphatic heterocycles. The topological polar surface area (TPSA) is 69.1 Å². The lowest BCUT2D eigenvalue weighted by molar-refractivity contribution is 0.100. The fraction of sp³-hybridized carbons (Fsp3) is 0.125. The average Bonchev–Trinajstić information content (AvgIpc) is 1.97. The lowest BCUT2D eigenvalue weighted by atomic mass is 10.1. The molecule has 0 saturated carbocycles. The molecule has 0 saturated heterocycles. The van der Waals surface area contributed by atoms with Crippen molar-refractivity contribution in [3.63, 3.8) is 0 Å². The quantitative estimate of drug-likeness (QED) is 0.447. The third-order valence-electron chi connectivity index (χ3n) is 1.72. The van der Waals surface area contributed by atoms with Crippen LogP contribution in [0.3, 0.4) is 0 Å². The van der Waals surface area contributed by atoms with Gasteiger partial charge in [-0.1, -0.05) is 0 Å². The fourth-order valence-electron chi connectivity index (χ4n) is 1.05.